The molecular weight excluding hydrogens is 204 g/mol. The van der Waals surface area contributed by atoms with Crippen LogP contribution in [0, 0.1) is 11.3 Å². The highest BCUT2D eigenvalue weighted by Gasteiger charge is 2.47. The Morgan fingerprint density at radius 3 is 2.44 bits per heavy atom. The van der Waals surface area contributed by atoms with Crippen LogP contribution >= 0.6 is 0 Å². The molecule has 0 heterocycles. The van der Waals surface area contributed by atoms with Gasteiger partial charge in [-0.25, -0.2) is 0 Å². The molecule has 2 atom stereocenters. The fraction of sp³-hybridized carbons (Fsp3) is 0.923. The molecule has 0 aromatic carbocycles. The van der Waals surface area contributed by atoms with Crippen molar-refractivity contribution < 1.29 is 14.6 Å². The first-order valence-electron chi connectivity index (χ1n) is 6.45. The first kappa shape index (κ1) is 11.9. The summed E-state index contributed by atoms with van der Waals surface area (Å²) in [6, 6.07) is 0. The maximum atomic E-state index is 11.6. The van der Waals surface area contributed by atoms with Gasteiger partial charge in [-0.15, -0.1) is 0 Å². The van der Waals surface area contributed by atoms with E-state index in [0.29, 0.717) is 0 Å². The van der Waals surface area contributed by atoms with Gasteiger partial charge in [0.2, 0.25) is 0 Å². The van der Waals surface area contributed by atoms with Crippen LogP contribution in [-0.4, -0.2) is 24.3 Å². The Morgan fingerprint density at radius 1 is 1.19 bits per heavy atom. The van der Waals surface area contributed by atoms with Crippen LogP contribution in [0.3, 0.4) is 0 Å². The number of esters is 1. The number of carbonyl (C=O) groups is 1. The van der Waals surface area contributed by atoms with Crippen LogP contribution in [0.5, 0.6) is 0 Å². The molecule has 3 heteroatoms. The summed E-state index contributed by atoms with van der Waals surface area (Å²) in [5, 5.41) is 10.4. The van der Waals surface area contributed by atoms with Crippen LogP contribution in [0.1, 0.15) is 51.4 Å². The molecule has 0 aromatic heterocycles. The molecule has 2 saturated carbocycles. The van der Waals surface area contributed by atoms with Crippen molar-refractivity contribution in [3.8, 4) is 0 Å². The van der Waals surface area contributed by atoms with E-state index < -0.39 is 6.10 Å². The van der Waals surface area contributed by atoms with Gasteiger partial charge in [-0.2, -0.15) is 0 Å². The van der Waals surface area contributed by atoms with E-state index >= 15 is 0 Å². The molecule has 0 saturated heterocycles. The lowest BCUT2D eigenvalue weighted by Gasteiger charge is -2.47. The highest BCUT2D eigenvalue weighted by atomic mass is 16.5. The van der Waals surface area contributed by atoms with E-state index in [1.807, 2.05) is 0 Å². The van der Waals surface area contributed by atoms with Crippen molar-refractivity contribution in [3.63, 3.8) is 0 Å². The first-order valence-corrected chi connectivity index (χ1v) is 6.45. The molecule has 1 N–H and O–H groups in total. The van der Waals surface area contributed by atoms with Crippen molar-refractivity contribution in [1.29, 1.82) is 0 Å². The summed E-state index contributed by atoms with van der Waals surface area (Å²) >= 11 is 0. The molecule has 2 rings (SSSR count). The molecule has 0 unspecified atom stereocenters. The SMILES string of the molecule is COC(=O)[C@@H]1CCCC2(CCCCC2)[C@H]1O. The van der Waals surface area contributed by atoms with E-state index in [0.717, 1.165) is 32.1 Å². The van der Waals surface area contributed by atoms with Crippen molar-refractivity contribution in [2.75, 3.05) is 7.11 Å². The van der Waals surface area contributed by atoms with Crippen LogP contribution < -0.4 is 0 Å². The second-order valence-corrected chi connectivity index (χ2v) is 5.39. The zero-order chi connectivity index (χ0) is 11.6. The quantitative estimate of drug-likeness (QED) is 0.698. The molecule has 0 amide bonds. The predicted molar refractivity (Wildman–Crippen MR) is 60.9 cm³/mol. The van der Waals surface area contributed by atoms with Gasteiger partial charge >= 0.3 is 5.97 Å². The highest BCUT2D eigenvalue weighted by molar-refractivity contribution is 5.73. The molecule has 0 bridgehead atoms. The third kappa shape index (κ3) is 1.97. The van der Waals surface area contributed by atoms with Crippen molar-refractivity contribution in [2.24, 2.45) is 11.3 Å². The number of rotatable bonds is 1. The predicted octanol–water partition coefficient (Wildman–Crippen LogP) is 2.27. The fourth-order valence-electron chi connectivity index (χ4n) is 3.61. The number of aliphatic hydroxyl groups excluding tert-OH is 1. The lowest BCUT2D eigenvalue weighted by atomic mass is 9.60. The summed E-state index contributed by atoms with van der Waals surface area (Å²) in [7, 11) is 1.41. The Kier molecular flexibility index (Phi) is 3.53. The van der Waals surface area contributed by atoms with E-state index in [1.54, 1.807) is 0 Å². The molecule has 2 aliphatic rings. The smallest absolute Gasteiger partial charge is 0.311 e. The summed E-state index contributed by atoms with van der Waals surface area (Å²) in [4.78, 5) is 11.6. The second kappa shape index (κ2) is 4.74. The number of methoxy groups -OCH3 is 1. The topological polar surface area (TPSA) is 46.5 Å². The normalized spacial score (nSPS) is 33.6. The number of hydrogen-bond donors (Lipinski definition) is 1. The maximum absolute atomic E-state index is 11.6. The van der Waals surface area contributed by atoms with Gasteiger partial charge in [0.15, 0.2) is 0 Å². The zero-order valence-corrected chi connectivity index (χ0v) is 10.1. The van der Waals surface area contributed by atoms with Gasteiger partial charge in [-0.1, -0.05) is 25.7 Å². The molecule has 0 aliphatic heterocycles. The van der Waals surface area contributed by atoms with Gasteiger partial charge in [0.25, 0.3) is 0 Å². The molecule has 0 aromatic rings. The Labute approximate surface area is 97.2 Å². The van der Waals surface area contributed by atoms with Gasteiger partial charge in [0.1, 0.15) is 0 Å². The Bertz CT molecular complexity index is 250. The Morgan fingerprint density at radius 2 is 1.81 bits per heavy atom. The van der Waals surface area contributed by atoms with Gasteiger partial charge in [-0.3, -0.25) is 4.79 Å². The van der Waals surface area contributed by atoms with Gasteiger partial charge in [0, 0.05) is 0 Å². The minimum Gasteiger partial charge on any atom is -0.469 e. The molecular formula is C13H22O3. The molecule has 2 fully saturated rings. The van der Waals surface area contributed by atoms with Crippen LogP contribution in [-0.2, 0) is 9.53 Å². The van der Waals surface area contributed by atoms with E-state index in [-0.39, 0.29) is 17.3 Å². The third-order valence-corrected chi connectivity index (χ3v) is 4.55. The monoisotopic (exact) mass is 226 g/mol. The summed E-state index contributed by atoms with van der Waals surface area (Å²) in [6.45, 7) is 0. The average molecular weight is 226 g/mol. The summed E-state index contributed by atoms with van der Waals surface area (Å²) in [5.41, 5.74) is 0.0232. The van der Waals surface area contributed by atoms with Gasteiger partial charge < -0.3 is 9.84 Å². The number of hydrogen-bond acceptors (Lipinski definition) is 3. The van der Waals surface area contributed by atoms with Crippen LogP contribution in [0.15, 0.2) is 0 Å². The van der Waals surface area contributed by atoms with E-state index in [1.165, 1.54) is 26.4 Å². The summed E-state index contributed by atoms with van der Waals surface area (Å²) < 4.78 is 4.80. The fourth-order valence-corrected chi connectivity index (χ4v) is 3.61. The van der Waals surface area contributed by atoms with E-state index in [9.17, 15) is 9.90 Å². The van der Waals surface area contributed by atoms with Crippen molar-refractivity contribution in [2.45, 2.75) is 57.5 Å². The van der Waals surface area contributed by atoms with Crippen molar-refractivity contribution in [1.82, 2.24) is 0 Å². The highest BCUT2D eigenvalue weighted by Crippen LogP contribution is 2.49. The molecule has 2 aliphatic carbocycles. The summed E-state index contributed by atoms with van der Waals surface area (Å²) in [5.74, 6) is -0.506. The molecule has 16 heavy (non-hydrogen) atoms. The lowest BCUT2D eigenvalue weighted by Crippen LogP contribution is -2.47. The number of carbonyl (C=O) groups excluding carboxylic acids is 1. The van der Waals surface area contributed by atoms with Crippen LogP contribution in [0.4, 0.5) is 0 Å². The van der Waals surface area contributed by atoms with E-state index in [4.69, 9.17) is 4.74 Å². The van der Waals surface area contributed by atoms with Crippen molar-refractivity contribution in [3.05, 3.63) is 0 Å². The van der Waals surface area contributed by atoms with Crippen LogP contribution in [0.2, 0.25) is 0 Å². The van der Waals surface area contributed by atoms with Gasteiger partial charge in [-0.05, 0) is 31.1 Å². The van der Waals surface area contributed by atoms with Gasteiger partial charge in [0.05, 0.1) is 19.1 Å². The second-order valence-electron chi connectivity index (χ2n) is 5.39. The Hall–Kier alpha value is -0.570. The molecule has 0 radical (unpaired) electrons. The number of aliphatic hydroxyl groups is 1. The molecule has 92 valence electrons. The lowest BCUT2D eigenvalue weighted by molar-refractivity contribution is -0.159. The third-order valence-electron chi connectivity index (χ3n) is 4.55. The molecule has 3 nitrogen and oxygen atoms in total. The average Bonchev–Trinajstić information content (AvgIpc) is 2.33. The van der Waals surface area contributed by atoms with Crippen LogP contribution in [0.25, 0.3) is 0 Å². The minimum atomic E-state index is -0.478. The maximum Gasteiger partial charge on any atom is 0.311 e. The van der Waals surface area contributed by atoms with Crippen molar-refractivity contribution >= 4 is 5.97 Å². The number of ether oxygens (including phenoxy) is 1. The largest absolute Gasteiger partial charge is 0.469 e. The first-order chi connectivity index (χ1) is 7.69. The Balaban J connectivity index is 2.11. The standard InChI is InChI=1S/C13H22O3/c1-16-12(15)10-6-5-9-13(11(10)14)7-3-2-4-8-13/h10-11,14H,2-9H2,1H3/t10-,11+/m1/s1. The molecule has 1 spiro atoms. The minimum absolute atomic E-state index is 0.0232. The van der Waals surface area contributed by atoms with E-state index in [2.05, 4.69) is 0 Å². The summed E-state index contributed by atoms with van der Waals surface area (Å²) in [6.07, 6.45) is 8.29. The zero-order valence-electron chi connectivity index (χ0n) is 10.1.